The van der Waals surface area contributed by atoms with Gasteiger partial charge >= 0.3 is 0 Å². The van der Waals surface area contributed by atoms with E-state index in [0.717, 1.165) is 28.4 Å². The van der Waals surface area contributed by atoms with Gasteiger partial charge in [0.15, 0.2) is 0 Å². The highest BCUT2D eigenvalue weighted by molar-refractivity contribution is 7.89. The highest BCUT2D eigenvalue weighted by atomic mass is 32.2. The highest BCUT2D eigenvalue weighted by Gasteiger charge is 2.15. The van der Waals surface area contributed by atoms with E-state index in [-0.39, 0.29) is 11.4 Å². The van der Waals surface area contributed by atoms with Crippen LogP contribution in [0.2, 0.25) is 0 Å². The molecule has 0 spiro atoms. The largest absolute Gasteiger partial charge is 0.494 e. The van der Waals surface area contributed by atoms with E-state index in [1.807, 2.05) is 13.8 Å². The van der Waals surface area contributed by atoms with Crippen molar-refractivity contribution in [2.45, 2.75) is 45.1 Å². The van der Waals surface area contributed by atoms with Gasteiger partial charge in [-0.15, -0.1) is 11.3 Å². The number of benzene rings is 1. The Labute approximate surface area is 141 Å². The predicted octanol–water partition coefficient (Wildman–Crippen LogP) is 3.42. The predicted molar refractivity (Wildman–Crippen MR) is 92.5 cm³/mol. The number of ether oxygens (including phenoxy) is 1. The van der Waals surface area contributed by atoms with Crippen molar-refractivity contribution in [2.24, 2.45) is 0 Å². The second-order valence-corrected chi connectivity index (χ2v) is 8.29. The van der Waals surface area contributed by atoms with Crippen LogP contribution in [0, 0.1) is 13.8 Å². The lowest BCUT2D eigenvalue weighted by atomic mass is 10.3. The Morgan fingerprint density at radius 3 is 2.48 bits per heavy atom. The molecule has 0 atom stereocenters. The van der Waals surface area contributed by atoms with E-state index >= 15 is 0 Å². The number of nitrogens with one attached hydrogen (secondary N) is 1. The van der Waals surface area contributed by atoms with Crippen LogP contribution in [-0.2, 0) is 16.6 Å². The standard InChI is InChI=1S/C16H22N2O3S2/c1-4-5-10-21-14-6-8-15(9-7-14)23(19,20)17-11-16-12(2)18-13(3)22-16/h6-9,17H,4-5,10-11H2,1-3H3. The minimum Gasteiger partial charge on any atom is -0.494 e. The Balaban J connectivity index is 2.00. The molecule has 1 aromatic carbocycles. The number of nitrogens with zero attached hydrogens (tertiary/aromatic N) is 1. The summed E-state index contributed by atoms with van der Waals surface area (Å²) in [6, 6.07) is 6.50. The van der Waals surface area contributed by atoms with Crippen LogP contribution in [0.3, 0.4) is 0 Å². The molecule has 0 aliphatic carbocycles. The molecule has 0 radical (unpaired) electrons. The first-order valence-corrected chi connectivity index (χ1v) is 9.88. The summed E-state index contributed by atoms with van der Waals surface area (Å²) in [5, 5.41) is 0.935. The number of hydrogen-bond donors (Lipinski definition) is 1. The van der Waals surface area contributed by atoms with Gasteiger partial charge in [0, 0.05) is 11.4 Å². The molecule has 126 valence electrons. The van der Waals surface area contributed by atoms with Gasteiger partial charge in [0.05, 0.1) is 22.2 Å². The van der Waals surface area contributed by atoms with Crippen molar-refractivity contribution >= 4 is 21.4 Å². The van der Waals surface area contributed by atoms with Gasteiger partial charge in [-0.05, 0) is 44.5 Å². The van der Waals surface area contributed by atoms with Crippen molar-refractivity contribution < 1.29 is 13.2 Å². The van der Waals surface area contributed by atoms with Crippen LogP contribution in [0.5, 0.6) is 5.75 Å². The Morgan fingerprint density at radius 2 is 1.91 bits per heavy atom. The number of thiazole rings is 1. The van der Waals surface area contributed by atoms with E-state index in [4.69, 9.17) is 4.74 Å². The molecule has 0 saturated heterocycles. The average molecular weight is 354 g/mol. The van der Waals surface area contributed by atoms with Gasteiger partial charge in [0.2, 0.25) is 10.0 Å². The first kappa shape index (κ1) is 17.9. The second kappa shape index (κ2) is 7.90. The van der Waals surface area contributed by atoms with Crippen LogP contribution in [0.25, 0.3) is 0 Å². The van der Waals surface area contributed by atoms with Crippen molar-refractivity contribution in [1.82, 2.24) is 9.71 Å². The first-order chi connectivity index (χ1) is 10.9. The summed E-state index contributed by atoms with van der Waals surface area (Å²) in [6.07, 6.45) is 2.04. The molecular weight excluding hydrogens is 332 g/mol. The van der Waals surface area contributed by atoms with Crippen molar-refractivity contribution in [3.8, 4) is 5.75 Å². The Morgan fingerprint density at radius 1 is 1.22 bits per heavy atom. The fourth-order valence-corrected chi connectivity index (χ4v) is 3.99. The van der Waals surface area contributed by atoms with E-state index in [1.165, 1.54) is 11.3 Å². The molecule has 0 bridgehead atoms. The minimum absolute atomic E-state index is 0.235. The smallest absolute Gasteiger partial charge is 0.240 e. The van der Waals surface area contributed by atoms with Gasteiger partial charge in [-0.3, -0.25) is 0 Å². The average Bonchev–Trinajstić information content (AvgIpc) is 2.84. The first-order valence-electron chi connectivity index (χ1n) is 7.58. The maximum atomic E-state index is 12.3. The molecule has 0 aliphatic rings. The molecule has 7 heteroatoms. The van der Waals surface area contributed by atoms with E-state index in [0.29, 0.717) is 12.4 Å². The third-order valence-electron chi connectivity index (χ3n) is 3.32. The van der Waals surface area contributed by atoms with E-state index in [2.05, 4.69) is 16.6 Å². The minimum atomic E-state index is -3.53. The summed E-state index contributed by atoms with van der Waals surface area (Å²) < 4.78 is 32.8. The Kier molecular flexibility index (Phi) is 6.15. The van der Waals surface area contributed by atoms with E-state index < -0.39 is 10.0 Å². The lowest BCUT2D eigenvalue weighted by molar-refractivity contribution is 0.309. The summed E-state index contributed by atoms with van der Waals surface area (Å²) in [5.41, 5.74) is 0.870. The van der Waals surface area contributed by atoms with Crippen molar-refractivity contribution in [1.29, 1.82) is 0 Å². The van der Waals surface area contributed by atoms with Crippen LogP contribution in [0.4, 0.5) is 0 Å². The van der Waals surface area contributed by atoms with Crippen LogP contribution >= 0.6 is 11.3 Å². The molecule has 23 heavy (non-hydrogen) atoms. The monoisotopic (exact) mass is 354 g/mol. The van der Waals surface area contributed by atoms with Crippen molar-refractivity contribution in [3.63, 3.8) is 0 Å². The maximum Gasteiger partial charge on any atom is 0.240 e. The number of rotatable bonds is 8. The molecule has 1 N–H and O–H groups in total. The second-order valence-electron chi connectivity index (χ2n) is 5.24. The zero-order valence-electron chi connectivity index (χ0n) is 13.6. The molecular formula is C16H22N2O3S2. The fraction of sp³-hybridized carbons (Fsp3) is 0.438. The third-order valence-corrected chi connectivity index (χ3v) is 5.81. The maximum absolute atomic E-state index is 12.3. The van der Waals surface area contributed by atoms with Crippen molar-refractivity contribution in [3.05, 3.63) is 39.8 Å². The Bertz CT molecular complexity index is 737. The van der Waals surface area contributed by atoms with Gasteiger partial charge < -0.3 is 4.74 Å². The highest BCUT2D eigenvalue weighted by Crippen LogP contribution is 2.19. The molecule has 5 nitrogen and oxygen atoms in total. The number of sulfonamides is 1. The molecule has 0 saturated carbocycles. The summed E-state index contributed by atoms with van der Waals surface area (Å²) in [7, 11) is -3.53. The zero-order valence-corrected chi connectivity index (χ0v) is 15.3. The number of aromatic nitrogens is 1. The van der Waals surface area contributed by atoms with E-state index in [9.17, 15) is 8.42 Å². The van der Waals surface area contributed by atoms with Gasteiger partial charge in [-0.1, -0.05) is 13.3 Å². The summed E-state index contributed by atoms with van der Waals surface area (Å²) >= 11 is 1.51. The summed E-state index contributed by atoms with van der Waals surface area (Å²) in [4.78, 5) is 5.47. The normalized spacial score (nSPS) is 11.6. The lowest BCUT2D eigenvalue weighted by Gasteiger charge is -2.08. The topological polar surface area (TPSA) is 68.3 Å². The van der Waals surface area contributed by atoms with Crippen LogP contribution < -0.4 is 9.46 Å². The van der Waals surface area contributed by atoms with E-state index in [1.54, 1.807) is 24.3 Å². The molecule has 1 heterocycles. The van der Waals surface area contributed by atoms with Crippen molar-refractivity contribution in [2.75, 3.05) is 6.61 Å². The van der Waals surface area contributed by atoms with Gasteiger partial charge in [0.1, 0.15) is 5.75 Å². The molecule has 0 unspecified atom stereocenters. The lowest BCUT2D eigenvalue weighted by Crippen LogP contribution is -2.23. The SMILES string of the molecule is CCCCOc1ccc(S(=O)(=O)NCc2sc(C)nc2C)cc1. The van der Waals surface area contributed by atoms with Gasteiger partial charge in [-0.25, -0.2) is 18.1 Å². The zero-order chi connectivity index (χ0) is 16.9. The van der Waals surface area contributed by atoms with Crippen LogP contribution in [0.15, 0.2) is 29.2 Å². The Hall–Kier alpha value is -1.44. The number of hydrogen-bond acceptors (Lipinski definition) is 5. The molecule has 0 aliphatic heterocycles. The quantitative estimate of drug-likeness (QED) is 0.738. The fourth-order valence-electron chi connectivity index (χ4n) is 2.03. The van der Waals surface area contributed by atoms with Crippen LogP contribution in [-0.4, -0.2) is 20.0 Å². The van der Waals surface area contributed by atoms with Crippen LogP contribution in [0.1, 0.15) is 35.3 Å². The molecule has 1 aromatic heterocycles. The molecule has 0 fully saturated rings. The third kappa shape index (κ3) is 5.02. The molecule has 2 aromatic rings. The van der Waals surface area contributed by atoms with Gasteiger partial charge in [-0.2, -0.15) is 0 Å². The summed E-state index contributed by atoms with van der Waals surface area (Å²) in [5.74, 6) is 0.686. The molecule has 2 rings (SSSR count). The van der Waals surface area contributed by atoms with Gasteiger partial charge in [0.25, 0.3) is 0 Å². The summed E-state index contributed by atoms with van der Waals surface area (Å²) in [6.45, 7) is 6.79. The molecule has 0 amide bonds. The number of aryl methyl sites for hydroxylation is 2. The number of unbranched alkanes of at least 4 members (excludes halogenated alkanes) is 1.